The van der Waals surface area contributed by atoms with Gasteiger partial charge in [-0.05, 0) is 48.5 Å². The van der Waals surface area contributed by atoms with Gasteiger partial charge in [0.25, 0.3) is 0 Å². The lowest BCUT2D eigenvalue weighted by Gasteiger charge is -2.37. The van der Waals surface area contributed by atoms with Crippen molar-refractivity contribution in [2.45, 2.75) is 31.9 Å². The number of amides is 1. The first-order valence-electron chi connectivity index (χ1n) is 11.2. The Morgan fingerprint density at radius 1 is 1.38 bits per heavy atom. The highest BCUT2D eigenvalue weighted by molar-refractivity contribution is 7.10. The van der Waals surface area contributed by atoms with Gasteiger partial charge in [0.05, 0.1) is 31.9 Å². The Balaban J connectivity index is 1.65. The number of fused-ring (bicyclic) bond motifs is 1. The third-order valence-electron chi connectivity index (χ3n) is 5.48. The Hall–Kier alpha value is -2.19. The number of para-hydroxylation sites is 1. The van der Waals surface area contributed by atoms with E-state index in [1.807, 2.05) is 40.1 Å². The van der Waals surface area contributed by atoms with E-state index in [2.05, 4.69) is 24.9 Å². The summed E-state index contributed by atoms with van der Waals surface area (Å²) in [6.07, 6.45) is 2.79. The lowest BCUT2D eigenvalue weighted by atomic mass is 10.0. The molecule has 1 amide bonds. The molecule has 32 heavy (non-hydrogen) atoms. The van der Waals surface area contributed by atoms with Crippen molar-refractivity contribution in [3.8, 4) is 5.75 Å². The van der Waals surface area contributed by atoms with E-state index in [0.717, 1.165) is 25.1 Å². The summed E-state index contributed by atoms with van der Waals surface area (Å²) in [7, 11) is 0. The maximum absolute atomic E-state index is 13.4. The van der Waals surface area contributed by atoms with Gasteiger partial charge in [-0.1, -0.05) is 31.2 Å². The molecule has 0 unspecified atom stereocenters. The van der Waals surface area contributed by atoms with Crippen LogP contribution < -0.4 is 4.74 Å². The molecule has 0 fully saturated rings. The van der Waals surface area contributed by atoms with Crippen molar-refractivity contribution < 1.29 is 19.4 Å². The van der Waals surface area contributed by atoms with Gasteiger partial charge in [-0.2, -0.15) is 0 Å². The van der Waals surface area contributed by atoms with Gasteiger partial charge < -0.3 is 19.5 Å². The van der Waals surface area contributed by atoms with Crippen LogP contribution in [0.1, 0.15) is 29.8 Å². The number of aliphatic hydroxyl groups excluding tert-OH is 1. The fourth-order valence-electron chi connectivity index (χ4n) is 4.04. The van der Waals surface area contributed by atoms with Gasteiger partial charge in [0.1, 0.15) is 12.4 Å². The molecular formula is C25H34N2O4S. The van der Waals surface area contributed by atoms with Crippen LogP contribution >= 0.6 is 11.3 Å². The quantitative estimate of drug-likeness (QED) is 0.368. The molecular weight excluding hydrogens is 424 g/mol. The monoisotopic (exact) mass is 458 g/mol. The maximum atomic E-state index is 13.4. The molecule has 0 saturated carbocycles. The van der Waals surface area contributed by atoms with Crippen LogP contribution in [0.3, 0.4) is 0 Å². The molecule has 2 aromatic rings. The molecule has 0 spiro atoms. The summed E-state index contributed by atoms with van der Waals surface area (Å²) >= 11 is 1.75. The van der Waals surface area contributed by atoms with Crippen LogP contribution in [0, 0.1) is 0 Å². The largest absolute Gasteiger partial charge is 0.491 e. The highest BCUT2D eigenvalue weighted by Gasteiger charge is 2.33. The first kappa shape index (κ1) is 24.5. The van der Waals surface area contributed by atoms with E-state index in [4.69, 9.17) is 9.47 Å². The van der Waals surface area contributed by atoms with E-state index >= 15 is 0 Å². The van der Waals surface area contributed by atoms with E-state index in [-0.39, 0.29) is 25.1 Å². The van der Waals surface area contributed by atoms with E-state index in [1.165, 1.54) is 10.4 Å². The molecule has 2 heterocycles. The zero-order chi connectivity index (χ0) is 22.8. The molecule has 1 aromatic carbocycles. The molecule has 1 aliphatic rings. The number of hydrogen-bond acceptors (Lipinski definition) is 6. The van der Waals surface area contributed by atoms with E-state index in [9.17, 15) is 9.90 Å². The number of hydrogen-bond donors (Lipinski definition) is 1. The zero-order valence-electron chi connectivity index (χ0n) is 18.8. The van der Waals surface area contributed by atoms with Crippen molar-refractivity contribution in [1.82, 2.24) is 9.80 Å². The smallest absolute Gasteiger partial charge is 0.237 e. The van der Waals surface area contributed by atoms with Crippen LogP contribution in [0.5, 0.6) is 5.75 Å². The molecule has 2 atom stereocenters. The molecule has 6 nitrogen and oxygen atoms in total. The maximum Gasteiger partial charge on any atom is 0.237 e. The van der Waals surface area contributed by atoms with Gasteiger partial charge in [0.2, 0.25) is 5.91 Å². The fourth-order valence-corrected chi connectivity index (χ4v) is 4.97. The molecule has 7 heteroatoms. The lowest BCUT2D eigenvalue weighted by Crippen LogP contribution is -2.48. The summed E-state index contributed by atoms with van der Waals surface area (Å²) in [5.74, 6) is 0.869. The second-order valence-corrected chi connectivity index (χ2v) is 8.99. The van der Waals surface area contributed by atoms with Crippen LogP contribution in [0.2, 0.25) is 0 Å². The minimum Gasteiger partial charge on any atom is -0.491 e. The predicted molar refractivity (Wildman–Crippen MR) is 128 cm³/mol. The Morgan fingerprint density at radius 2 is 2.19 bits per heavy atom. The Bertz CT molecular complexity index is 841. The van der Waals surface area contributed by atoms with Crippen molar-refractivity contribution in [3.63, 3.8) is 0 Å². The number of ether oxygens (including phenoxy) is 2. The number of benzene rings is 1. The second kappa shape index (κ2) is 12.7. The topological polar surface area (TPSA) is 62.2 Å². The number of thiophene rings is 1. The Labute approximate surface area is 195 Å². The van der Waals surface area contributed by atoms with Crippen molar-refractivity contribution >= 4 is 17.2 Å². The third-order valence-corrected chi connectivity index (χ3v) is 6.48. The third kappa shape index (κ3) is 6.90. The van der Waals surface area contributed by atoms with Crippen LogP contribution in [0.4, 0.5) is 0 Å². The average Bonchev–Trinajstić information content (AvgIpc) is 3.27. The van der Waals surface area contributed by atoms with Gasteiger partial charge in [0, 0.05) is 18.0 Å². The molecule has 174 valence electrons. The second-order valence-electron chi connectivity index (χ2n) is 7.99. The van der Waals surface area contributed by atoms with Gasteiger partial charge in [-0.15, -0.1) is 17.9 Å². The number of aliphatic hydroxyl groups is 1. The highest BCUT2D eigenvalue weighted by atomic mass is 32.1. The molecule has 1 aliphatic heterocycles. The van der Waals surface area contributed by atoms with Crippen molar-refractivity contribution in [2.75, 3.05) is 46.0 Å². The fraction of sp³-hybridized carbons (Fsp3) is 0.480. The standard InChI is InChI=1S/C25H34N2O4S/c1-3-12-26(16-20(28)18-30-14-4-2)17-25(29)27-13-10-24-22(11-15-32-24)23(27)19-31-21-8-6-5-7-9-21/h4-9,11,15,20,23,28H,2-3,10,12-14,16-19H2,1H3/t20-,23-/m1/s1. The lowest BCUT2D eigenvalue weighted by molar-refractivity contribution is -0.136. The summed E-state index contributed by atoms with van der Waals surface area (Å²) in [4.78, 5) is 18.7. The van der Waals surface area contributed by atoms with E-state index in [0.29, 0.717) is 26.3 Å². The van der Waals surface area contributed by atoms with Crippen molar-refractivity contribution in [1.29, 1.82) is 0 Å². The van der Waals surface area contributed by atoms with Gasteiger partial charge in [0.15, 0.2) is 0 Å². The van der Waals surface area contributed by atoms with Crippen LogP contribution in [-0.2, 0) is 16.0 Å². The molecule has 1 aromatic heterocycles. The Morgan fingerprint density at radius 3 is 2.94 bits per heavy atom. The predicted octanol–water partition coefficient (Wildman–Crippen LogP) is 3.53. The first-order valence-corrected chi connectivity index (χ1v) is 12.1. The van der Waals surface area contributed by atoms with Crippen molar-refractivity contribution in [3.05, 3.63) is 64.9 Å². The van der Waals surface area contributed by atoms with Gasteiger partial charge >= 0.3 is 0 Å². The first-order chi connectivity index (χ1) is 15.6. The van der Waals surface area contributed by atoms with E-state index in [1.54, 1.807) is 17.4 Å². The molecule has 3 rings (SSSR count). The SMILES string of the molecule is C=CCOC[C@H](O)CN(CCC)CC(=O)N1CCc2sccc2[C@H]1COc1ccccc1. The summed E-state index contributed by atoms with van der Waals surface area (Å²) in [5, 5.41) is 12.4. The highest BCUT2D eigenvalue weighted by Crippen LogP contribution is 2.34. The summed E-state index contributed by atoms with van der Waals surface area (Å²) in [6.45, 7) is 8.85. The van der Waals surface area contributed by atoms with Crippen molar-refractivity contribution in [2.24, 2.45) is 0 Å². The van der Waals surface area contributed by atoms with E-state index < -0.39 is 6.10 Å². The summed E-state index contributed by atoms with van der Waals surface area (Å²) < 4.78 is 11.4. The summed E-state index contributed by atoms with van der Waals surface area (Å²) in [5.41, 5.74) is 1.19. The van der Waals surface area contributed by atoms with Crippen LogP contribution in [0.25, 0.3) is 0 Å². The Kier molecular flexibility index (Phi) is 9.74. The zero-order valence-corrected chi connectivity index (χ0v) is 19.6. The van der Waals surface area contributed by atoms with Gasteiger partial charge in [-0.3, -0.25) is 9.69 Å². The molecule has 0 aliphatic carbocycles. The summed E-state index contributed by atoms with van der Waals surface area (Å²) in [6, 6.07) is 11.7. The molecule has 0 bridgehead atoms. The van der Waals surface area contributed by atoms with Crippen LogP contribution in [-0.4, -0.2) is 72.9 Å². The number of carbonyl (C=O) groups is 1. The van der Waals surface area contributed by atoms with Gasteiger partial charge in [-0.25, -0.2) is 0 Å². The molecule has 0 saturated heterocycles. The minimum atomic E-state index is -0.642. The number of rotatable bonds is 13. The average molecular weight is 459 g/mol. The normalized spacial score (nSPS) is 16.6. The number of carbonyl (C=O) groups excluding carboxylic acids is 1. The van der Waals surface area contributed by atoms with Crippen LogP contribution in [0.15, 0.2) is 54.4 Å². The number of nitrogens with zero attached hydrogens (tertiary/aromatic N) is 2. The molecule has 1 N–H and O–H groups in total. The minimum absolute atomic E-state index is 0.0659. The molecule has 0 radical (unpaired) electrons.